The lowest BCUT2D eigenvalue weighted by Crippen LogP contribution is -2.69. The standard InChI is InChI=1S/C25H26ClN3O5/c1-2-34-24(32)25(29-11-13-33-14-12-29,28-23(31)17-7-9-19(26)10-8-17)16-18-15-22(30)27-21-6-4-3-5-20(18)21/h3-10,15H,2,11-14,16H2,1H3,(H,27,30)(H,28,31). The van der Waals surface area contributed by atoms with Crippen molar-refractivity contribution in [3.05, 3.63) is 81.1 Å². The molecule has 1 aromatic heterocycles. The van der Waals surface area contributed by atoms with Crippen LogP contribution in [0.5, 0.6) is 0 Å². The summed E-state index contributed by atoms with van der Waals surface area (Å²) in [6, 6.07) is 15.2. The minimum Gasteiger partial charge on any atom is -0.463 e. The van der Waals surface area contributed by atoms with Crippen LogP contribution in [0.25, 0.3) is 10.9 Å². The molecule has 2 aromatic carbocycles. The van der Waals surface area contributed by atoms with Gasteiger partial charge in [0.05, 0.1) is 19.8 Å². The number of rotatable bonds is 7. The Hall–Kier alpha value is -3.20. The summed E-state index contributed by atoms with van der Waals surface area (Å²) >= 11 is 5.98. The Labute approximate surface area is 201 Å². The Bertz CT molecular complexity index is 1240. The second-order valence-electron chi connectivity index (χ2n) is 8.02. The van der Waals surface area contributed by atoms with E-state index in [0.29, 0.717) is 48.0 Å². The van der Waals surface area contributed by atoms with Gasteiger partial charge in [0.2, 0.25) is 5.56 Å². The molecular formula is C25H26ClN3O5. The minimum absolute atomic E-state index is 0.0373. The van der Waals surface area contributed by atoms with Gasteiger partial charge in [-0.2, -0.15) is 0 Å². The Morgan fingerprint density at radius 3 is 2.56 bits per heavy atom. The molecule has 2 N–H and O–H groups in total. The Morgan fingerprint density at radius 1 is 1.15 bits per heavy atom. The van der Waals surface area contributed by atoms with Gasteiger partial charge in [-0.3, -0.25) is 14.5 Å². The molecule has 0 radical (unpaired) electrons. The number of carbonyl (C=O) groups excluding carboxylic acids is 2. The third kappa shape index (κ3) is 4.99. The number of benzene rings is 2. The van der Waals surface area contributed by atoms with Crippen LogP contribution >= 0.6 is 11.6 Å². The topological polar surface area (TPSA) is 101 Å². The molecule has 2 heterocycles. The van der Waals surface area contributed by atoms with Gasteiger partial charge in [0.1, 0.15) is 0 Å². The normalized spacial score (nSPS) is 16.1. The molecule has 1 fully saturated rings. The quantitative estimate of drug-likeness (QED) is 0.501. The highest BCUT2D eigenvalue weighted by molar-refractivity contribution is 6.30. The van der Waals surface area contributed by atoms with Crippen molar-refractivity contribution in [2.75, 3.05) is 32.9 Å². The molecule has 1 unspecified atom stereocenters. The molecule has 0 spiro atoms. The lowest BCUT2D eigenvalue weighted by molar-refractivity contribution is -0.163. The van der Waals surface area contributed by atoms with E-state index in [1.807, 2.05) is 23.1 Å². The zero-order chi connectivity index (χ0) is 24.1. The summed E-state index contributed by atoms with van der Waals surface area (Å²) < 4.78 is 11.0. The first-order chi connectivity index (χ1) is 16.4. The first-order valence-electron chi connectivity index (χ1n) is 11.1. The van der Waals surface area contributed by atoms with E-state index in [2.05, 4.69) is 10.3 Å². The molecule has 0 aliphatic carbocycles. The van der Waals surface area contributed by atoms with E-state index >= 15 is 0 Å². The van der Waals surface area contributed by atoms with Gasteiger partial charge in [0.15, 0.2) is 5.66 Å². The van der Waals surface area contributed by atoms with Gasteiger partial charge in [-0.05, 0) is 42.8 Å². The van der Waals surface area contributed by atoms with Gasteiger partial charge in [-0.1, -0.05) is 29.8 Å². The minimum atomic E-state index is -1.55. The molecule has 178 valence electrons. The highest BCUT2D eigenvalue weighted by Gasteiger charge is 2.48. The van der Waals surface area contributed by atoms with Gasteiger partial charge >= 0.3 is 5.97 Å². The number of carbonyl (C=O) groups is 2. The van der Waals surface area contributed by atoms with Crippen molar-refractivity contribution < 1.29 is 19.1 Å². The molecule has 1 atom stereocenters. The van der Waals surface area contributed by atoms with Crippen LogP contribution in [0.1, 0.15) is 22.8 Å². The third-order valence-corrected chi connectivity index (χ3v) is 6.13. The molecule has 9 heteroatoms. The third-order valence-electron chi connectivity index (χ3n) is 5.87. The van der Waals surface area contributed by atoms with Gasteiger partial charge in [0.25, 0.3) is 5.91 Å². The predicted molar refractivity (Wildman–Crippen MR) is 129 cm³/mol. The second-order valence-corrected chi connectivity index (χ2v) is 8.46. The Kier molecular flexibility index (Phi) is 7.31. The van der Waals surface area contributed by atoms with Crippen molar-refractivity contribution in [3.63, 3.8) is 0 Å². The van der Waals surface area contributed by atoms with Gasteiger partial charge in [-0.25, -0.2) is 4.79 Å². The SMILES string of the molecule is CCOC(=O)C(Cc1cc(=O)[nH]c2ccccc12)(NC(=O)c1ccc(Cl)cc1)N1CCOCC1. The van der Waals surface area contributed by atoms with Crippen molar-refractivity contribution in [3.8, 4) is 0 Å². The van der Waals surface area contributed by atoms with Crippen LogP contribution < -0.4 is 10.9 Å². The van der Waals surface area contributed by atoms with Crippen LogP contribution in [0.2, 0.25) is 5.02 Å². The molecule has 0 saturated carbocycles. The number of nitrogens with zero attached hydrogens (tertiary/aromatic N) is 1. The highest BCUT2D eigenvalue weighted by atomic mass is 35.5. The molecule has 8 nitrogen and oxygen atoms in total. The summed E-state index contributed by atoms with van der Waals surface area (Å²) in [5.74, 6) is -1.05. The number of hydrogen-bond donors (Lipinski definition) is 2. The fourth-order valence-corrected chi connectivity index (χ4v) is 4.37. The van der Waals surface area contributed by atoms with Crippen LogP contribution in [-0.2, 0) is 20.7 Å². The Balaban J connectivity index is 1.83. The lowest BCUT2D eigenvalue weighted by Gasteiger charge is -2.44. The second kappa shape index (κ2) is 10.4. The molecule has 1 aliphatic heterocycles. The van der Waals surface area contributed by atoms with E-state index in [1.165, 1.54) is 6.07 Å². The number of hydrogen-bond acceptors (Lipinski definition) is 6. The molecule has 1 saturated heterocycles. The molecule has 0 bridgehead atoms. The predicted octanol–water partition coefficient (Wildman–Crippen LogP) is 2.75. The number of morpholine rings is 1. The largest absolute Gasteiger partial charge is 0.463 e. The molecular weight excluding hydrogens is 458 g/mol. The summed E-state index contributed by atoms with van der Waals surface area (Å²) in [7, 11) is 0. The van der Waals surface area contributed by atoms with Crippen LogP contribution in [0.15, 0.2) is 59.4 Å². The summed E-state index contributed by atoms with van der Waals surface area (Å²) in [6.07, 6.45) is 0.0373. The number of fused-ring (bicyclic) bond motifs is 1. The van der Waals surface area contributed by atoms with E-state index < -0.39 is 17.5 Å². The number of amides is 1. The van der Waals surface area contributed by atoms with E-state index in [4.69, 9.17) is 21.1 Å². The number of H-pyrrole nitrogens is 1. The number of nitrogens with one attached hydrogen (secondary N) is 2. The van der Waals surface area contributed by atoms with Gasteiger partial charge < -0.3 is 19.8 Å². The van der Waals surface area contributed by atoms with E-state index in [0.717, 1.165) is 5.39 Å². The maximum atomic E-state index is 13.6. The fourth-order valence-electron chi connectivity index (χ4n) is 4.24. The number of aromatic amines is 1. The zero-order valence-corrected chi connectivity index (χ0v) is 19.6. The number of ether oxygens (including phenoxy) is 2. The van der Waals surface area contributed by atoms with Crippen molar-refractivity contribution in [1.82, 2.24) is 15.2 Å². The maximum Gasteiger partial charge on any atom is 0.347 e. The summed E-state index contributed by atoms with van der Waals surface area (Å²) in [4.78, 5) is 44.0. The molecule has 1 aliphatic rings. The Morgan fingerprint density at radius 2 is 1.85 bits per heavy atom. The van der Waals surface area contributed by atoms with Crippen molar-refractivity contribution in [2.45, 2.75) is 19.0 Å². The number of aromatic nitrogens is 1. The van der Waals surface area contributed by atoms with Gasteiger partial charge in [-0.15, -0.1) is 0 Å². The average Bonchev–Trinajstić information content (AvgIpc) is 2.84. The monoisotopic (exact) mass is 483 g/mol. The first-order valence-corrected chi connectivity index (χ1v) is 11.5. The smallest absolute Gasteiger partial charge is 0.347 e. The van der Waals surface area contributed by atoms with Crippen molar-refractivity contribution in [2.24, 2.45) is 0 Å². The number of halogens is 1. The molecule has 4 rings (SSSR count). The van der Waals surface area contributed by atoms with E-state index in [1.54, 1.807) is 37.3 Å². The number of pyridine rings is 1. The highest BCUT2D eigenvalue weighted by Crippen LogP contribution is 2.26. The van der Waals surface area contributed by atoms with Crippen LogP contribution in [-0.4, -0.2) is 60.3 Å². The van der Waals surface area contributed by atoms with Gasteiger partial charge in [0, 0.05) is 47.1 Å². The molecule has 3 aromatic rings. The molecule has 1 amide bonds. The summed E-state index contributed by atoms with van der Waals surface area (Å²) in [6.45, 7) is 3.45. The van der Waals surface area contributed by atoms with Crippen LogP contribution in [0, 0.1) is 0 Å². The lowest BCUT2D eigenvalue weighted by atomic mass is 9.93. The van der Waals surface area contributed by atoms with Crippen LogP contribution in [0.3, 0.4) is 0 Å². The summed E-state index contributed by atoms with van der Waals surface area (Å²) in [5.41, 5.74) is -0.226. The summed E-state index contributed by atoms with van der Waals surface area (Å²) in [5, 5.41) is 4.23. The number of esters is 1. The van der Waals surface area contributed by atoms with Crippen LogP contribution in [0.4, 0.5) is 0 Å². The molecule has 34 heavy (non-hydrogen) atoms. The first kappa shape index (κ1) is 23.9. The zero-order valence-electron chi connectivity index (χ0n) is 18.8. The van der Waals surface area contributed by atoms with E-state index in [-0.39, 0.29) is 18.6 Å². The van der Waals surface area contributed by atoms with Crippen molar-refractivity contribution in [1.29, 1.82) is 0 Å². The fraction of sp³-hybridized carbons (Fsp3) is 0.320. The van der Waals surface area contributed by atoms with E-state index in [9.17, 15) is 14.4 Å². The number of para-hydroxylation sites is 1. The van der Waals surface area contributed by atoms with Crippen molar-refractivity contribution >= 4 is 34.4 Å². The average molecular weight is 484 g/mol. The maximum absolute atomic E-state index is 13.6.